The van der Waals surface area contributed by atoms with Gasteiger partial charge in [0.25, 0.3) is 0 Å². The molecule has 0 saturated carbocycles. The Labute approximate surface area is 174 Å². The van der Waals surface area contributed by atoms with Crippen molar-refractivity contribution < 1.29 is 4.79 Å². The Hall–Kier alpha value is -1.73. The van der Waals surface area contributed by atoms with Crippen LogP contribution in [0.25, 0.3) is 0 Å². The van der Waals surface area contributed by atoms with Crippen LogP contribution < -0.4 is 10.6 Å². The maximum Gasteiger partial charge on any atom is 0.241 e. The summed E-state index contributed by atoms with van der Waals surface area (Å²) in [6.07, 6.45) is 4.55. The molecule has 0 radical (unpaired) electrons. The largest absolute Gasteiger partial charge is 0.355 e. The number of hydrogen-bond acceptors (Lipinski definition) is 4. The van der Waals surface area contributed by atoms with E-state index in [1.54, 1.807) is 30.8 Å². The van der Waals surface area contributed by atoms with Crippen molar-refractivity contribution in [1.82, 2.24) is 20.4 Å². The van der Waals surface area contributed by atoms with Crippen molar-refractivity contribution in [2.75, 3.05) is 46.5 Å². The monoisotopic (exact) mass is 405 g/mol. The minimum absolute atomic E-state index is 0.0330. The quantitative estimate of drug-likeness (QED) is 0.395. The lowest BCUT2D eigenvalue weighted by Crippen LogP contribution is -2.47. The molecule has 2 N–H and O–H groups in total. The molecule has 1 saturated heterocycles. The number of rotatable bonds is 8. The summed E-state index contributed by atoms with van der Waals surface area (Å²) in [6, 6.07) is 6.99. The fraction of sp³-hybridized carbons (Fsp3) is 0.619. The summed E-state index contributed by atoms with van der Waals surface area (Å²) in [5.74, 6) is 0.733. The van der Waals surface area contributed by atoms with Gasteiger partial charge < -0.3 is 15.5 Å². The van der Waals surface area contributed by atoms with Crippen LogP contribution in [0.2, 0.25) is 0 Å². The molecule has 1 aliphatic heterocycles. The van der Waals surface area contributed by atoms with Crippen LogP contribution in [0.1, 0.15) is 30.9 Å². The molecule has 156 valence electrons. The minimum atomic E-state index is 0.0330. The second kappa shape index (κ2) is 11.3. The van der Waals surface area contributed by atoms with Crippen LogP contribution in [-0.4, -0.2) is 74.2 Å². The maximum absolute atomic E-state index is 12.0. The number of nitrogens with zero attached hydrogens (tertiary/aromatic N) is 3. The van der Waals surface area contributed by atoms with Gasteiger partial charge in [0.1, 0.15) is 0 Å². The molecule has 1 atom stereocenters. The van der Waals surface area contributed by atoms with Gasteiger partial charge >= 0.3 is 0 Å². The molecule has 0 spiro atoms. The van der Waals surface area contributed by atoms with E-state index in [4.69, 9.17) is 4.99 Å². The number of benzene rings is 1. The molecular weight excluding hydrogens is 370 g/mol. The van der Waals surface area contributed by atoms with Gasteiger partial charge in [-0.3, -0.25) is 9.69 Å². The van der Waals surface area contributed by atoms with E-state index < -0.39 is 0 Å². The smallest absolute Gasteiger partial charge is 0.241 e. The summed E-state index contributed by atoms with van der Waals surface area (Å²) < 4.78 is 0. The average molecular weight is 406 g/mol. The third kappa shape index (κ3) is 6.71. The SMILES string of the molecule is CCN1CCCC1CNC(=NCc1ccc(C)cc1SC)NCC(=O)N(C)C. The van der Waals surface area contributed by atoms with Crippen molar-refractivity contribution in [3.63, 3.8) is 0 Å². The van der Waals surface area contributed by atoms with Gasteiger partial charge in [-0.15, -0.1) is 11.8 Å². The Kier molecular flexibility index (Phi) is 9.12. The lowest BCUT2D eigenvalue weighted by Gasteiger charge is -2.24. The van der Waals surface area contributed by atoms with E-state index in [9.17, 15) is 4.79 Å². The molecule has 28 heavy (non-hydrogen) atoms. The summed E-state index contributed by atoms with van der Waals surface area (Å²) in [4.78, 5) is 22.1. The number of aryl methyl sites for hydroxylation is 1. The van der Waals surface area contributed by atoms with Crippen LogP contribution in [0.4, 0.5) is 0 Å². The molecule has 0 aliphatic carbocycles. The van der Waals surface area contributed by atoms with Crippen molar-refractivity contribution >= 4 is 23.6 Å². The molecule has 0 aromatic heterocycles. The van der Waals surface area contributed by atoms with Gasteiger partial charge in [-0.05, 0) is 56.3 Å². The first-order valence-corrected chi connectivity index (χ1v) is 11.3. The van der Waals surface area contributed by atoms with E-state index in [1.165, 1.54) is 35.4 Å². The number of carbonyl (C=O) groups is 1. The summed E-state index contributed by atoms with van der Waals surface area (Å²) in [6.45, 7) is 8.24. The Balaban J connectivity index is 2.05. The van der Waals surface area contributed by atoms with E-state index in [2.05, 4.69) is 53.8 Å². The van der Waals surface area contributed by atoms with Crippen molar-refractivity contribution in [3.05, 3.63) is 29.3 Å². The maximum atomic E-state index is 12.0. The first-order valence-electron chi connectivity index (χ1n) is 10.0. The minimum Gasteiger partial charge on any atom is -0.355 e. The van der Waals surface area contributed by atoms with Crippen molar-refractivity contribution in [2.45, 2.75) is 44.2 Å². The molecule has 2 rings (SSSR count). The van der Waals surface area contributed by atoms with Crippen LogP contribution >= 0.6 is 11.8 Å². The Morgan fingerprint density at radius 2 is 2.14 bits per heavy atom. The van der Waals surface area contributed by atoms with Gasteiger partial charge in [0, 0.05) is 31.6 Å². The fourth-order valence-corrected chi connectivity index (χ4v) is 4.09. The van der Waals surface area contributed by atoms with Crippen LogP contribution in [0, 0.1) is 6.92 Å². The van der Waals surface area contributed by atoms with E-state index >= 15 is 0 Å². The zero-order chi connectivity index (χ0) is 20.5. The van der Waals surface area contributed by atoms with Crippen molar-refractivity contribution in [3.8, 4) is 0 Å². The van der Waals surface area contributed by atoms with Crippen LogP contribution in [0.15, 0.2) is 28.1 Å². The van der Waals surface area contributed by atoms with E-state index in [0.29, 0.717) is 18.5 Å². The van der Waals surface area contributed by atoms with Crippen molar-refractivity contribution in [1.29, 1.82) is 0 Å². The standard InChI is InChI=1S/C21H35N5OS/c1-6-26-11-7-8-18(26)14-23-21(24-15-20(27)25(3)4)22-13-17-10-9-16(2)12-19(17)28-5/h9-10,12,18H,6-8,11,13-15H2,1-5H3,(H2,22,23,24). The molecule has 1 fully saturated rings. The molecular formula is C21H35N5OS. The van der Waals surface area contributed by atoms with E-state index in [0.717, 1.165) is 13.1 Å². The van der Waals surface area contributed by atoms with Gasteiger partial charge in [-0.1, -0.05) is 19.1 Å². The highest BCUT2D eigenvalue weighted by Gasteiger charge is 2.22. The molecule has 1 aromatic carbocycles. The number of thioether (sulfide) groups is 1. The van der Waals surface area contributed by atoms with Gasteiger partial charge in [0.2, 0.25) is 5.91 Å². The molecule has 1 aromatic rings. The Bertz CT molecular complexity index is 677. The normalized spacial score (nSPS) is 17.6. The second-order valence-corrected chi connectivity index (χ2v) is 8.28. The fourth-order valence-electron chi connectivity index (χ4n) is 3.40. The van der Waals surface area contributed by atoms with Gasteiger partial charge in [0.15, 0.2) is 5.96 Å². The number of amides is 1. The molecule has 0 bridgehead atoms. The van der Waals surface area contributed by atoms with Crippen LogP contribution in [0.5, 0.6) is 0 Å². The summed E-state index contributed by atoms with van der Waals surface area (Å²) in [5.41, 5.74) is 2.46. The van der Waals surface area contributed by atoms with E-state index in [-0.39, 0.29) is 12.5 Å². The third-order valence-electron chi connectivity index (χ3n) is 5.17. The lowest BCUT2D eigenvalue weighted by molar-refractivity contribution is -0.127. The summed E-state index contributed by atoms with van der Waals surface area (Å²) in [7, 11) is 3.53. The van der Waals surface area contributed by atoms with Gasteiger partial charge in [0.05, 0.1) is 13.1 Å². The number of carbonyl (C=O) groups excluding carboxylic acids is 1. The highest BCUT2D eigenvalue weighted by molar-refractivity contribution is 7.98. The molecule has 6 nitrogen and oxygen atoms in total. The molecule has 1 aliphatic rings. The molecule has 7 heteroatoms. The zero-order valence-corrected chi connectivity index (χ0v) is 18.7. The van der Waals surface area contributed by atoms with E-state index in [1.807, 2.05) is 0 Å². The first-order chi connectivity index (χ1) is 13.4. The number of aliphatic imine (C=N–C) groups is 1. The van der Waals surface area contributed by atoms with Crippen LogP contribution in [-0.2, 0) is 11.3 Å². The topological polar surface area (TPSA) is 60.0 Å². The van der Waals surface area contributed by atoms with Gasteiger partial charge in [-0.25, -0.2) is 4.99 Å². The second-order valence-electron chi connectivity index (χ2n) is 7.43. The summed E-state index contributed by atoms with van der Waals surface area (Å²) >= 11 is 1.74. The predicted octanol–water partition coefficient (Wildman–Crippen LogP) is 2.32. The van der Waals surface area contributed by atoms with Gasteiger partial charge in [-0.2, -0.15) is 0 Å². The number of likely N-dealkylation sites (N-methyl/N-ethyl adjacent to an activating group) is 2. The number of likely N-dealkylation sites (tertiary alicyclic amines) is 1. The highest BCUT2D eigenvalue weighted by Crippen LogP contribution is 2.22. The number of nitrogens with one attached hydrogen (secondary N) is 2. The average Bonchev–Trinajstić information content (AvgIpc) is 3.15. The highest BCUT2D eigenvalue weighted by atomic mass is 32.2. The summed E-state index contributed by atoms with van der Waals surface area (Å²) in [5, 5.41) is 6.66. The third-order valence-corrected chi connectivity index (χ3v) is 5.99. The molecule has 1 unspecified atom stereocenters. The van der Waals surface area contributed by atoms with Crippen molar-refractivity contribution in [2.24, 2.45) is 4.99 Å². The molecule has 1 heterocycles. The number of guanidine groups is 1. The Morgan fingerprint density at radius 1 is 1.36 bits per heavy atom. The Morgan fingerprint density at radius 3 is 2.82 bits per heavy atom. The molecule has 1 amide bonds. The zero-order valence-electron chi connectivity index (χ0n) is 17.9. The predicted molar refractivity (Wildman–Crippen MR) is 119 cm³/mol. The van der Waals surface area contributed by atoms with Crippen LogP contribution in [0.3, 0.4) is 0 Å². The first kappa shape index (κ1) is 22.6. The number of hydrogen-bond donors (Lipinski definition) is 2. The lowest BCUT2D eigenvalue weighted by atomic mass is 10.1.